The van der Waals surface area contributed by atoms with Crippen LogP contribution in [0.15, 0.2) is 17.5 Å². The summed E-state index contributed by atoms with van der Waals surface area (Å²) in [5.41, 5.74) is 0. The average Bonchev–Trinajstić information content (AvgIpc) is 2.65. The molecule has 1 rings (SSSR count). The lowest BCUT2D eigenvalue weighted by molar-refractivity contribution is 0.0904. The maximum absolute atomic E-state index is 11.5. The SMILES string of the molecule is CC(C)CC(O)CNC(=O)c1cccs1. The van der Waals surface area contributed by atoms with E-state index in [1.807, 2.05) is 25.3 Å². The molecule has 0 fully saturated rings. The Balaban J connectivity index is 2.28. The van der Waals surface area contributed by atoms with Gasteiger partial charge in [-0.1, -0.05) is 19.9 Å². The molecule has 4 heteroatoms. The zero-order valence-corrected chi connectivity index (χ0v) is 9.88. The van der Waals surface area contributed by atoms with Gasteiger partial charge in [0.05, 0.1) is 11.0 Å². The molecular weight excluding hydrogens is 210 g/mol. The molecule has 0 aliphatic heterocycles. The Labute approximate surface area is 94.1 Å². The Bertz CT molecular complexity index is 296. The number of rotatable bonds is 5. The van der Waals surface area contributed by atoms with Crippen molar-refractivity contribution in [3.05, 3.63) is 22.4 Å². The fourth-order valence-electron chi connectivity index (χ4n) is 1.33. The van der Waals surface area contributed by atoms with Crippen LogP contribution in [0.1, 0.15) is 29.9 Å². The minimum Gasteiger partial charge on any atom is -0.391 e. The number of nitrogens with one attached hydrogen (secondary N) is 1. The lowest BCUT2D eigenvalue weighted by Crippen LogP contribution is -2.32. The summed E-state index contributed by atoms with van der Waals surface area (Å²) in [6.45, 7) is 4.42. The van der Waals surface area contributed by atoms with Gasteiger partial charge in [0.1, 0.15) is 0 Å². The summed E-state index contributed by atoms with van der Waals surface area (Å²) < 4.78 is 0. The molecule has 3 nitrogen and oxygen atoms in total. The second-order valence-corrected chi connectivity index (χ2v) is 4.92. The summed E-state index contributed by atoms with van der Waals surface area (Å²) in [4.78, 5) is 12.2. The molecule has 1 unspecified atom stereocenters. The van der Waals surface area contributed by atoms with Crippen molar-refractivity contribution in [3.63, 3.8) is 0 Å². The number of amides is 1. The van der Waals surface area contributed by atoms with Crippen molar-refractivity contribution < 1.29 is 9.90 Å². The highest BCUT2D eigenvalue weighted by Gasteiger charge is 2.10. The molecule has 0 saturated heterocycles. The van der Waals surface area contributed by atoms with E-state index < -0.39 is 6.10 Å². The molecule has 84 valence electrons. The normalized spacial score (nSPS) is 12.8. The van der Waals surface area contributed by atoms with Gasteiger partial charge in [-0.25, -0.2) is 0 Å². The maximum atomic E-state index is 11.5. The molecule has 0 spiro atoms. The number of carbonyl (C=O) groups excluding carboxylic acids is 1. The van der Waals surface area contributed by atoms with Crippen molar-refractivity contribution in [1.29, 1.82) is 0 Å². The predicted molar refractivity (Wildman–Crippen MR) is 62.1 cm³/mol. The third-order valence-electron chi connectivity index (χ3n) is 1.99. The highest BCUT2D eigenvalue weighted by molar-refractivity contribution is 7.12. The third kappa shape index (κ3) is 4.44. The van der Waals surface area contributed by atoms with Gasteiger partial charge in [-0.15, -0.1) is 11.3 Å². The van der Waals surface area contributed by atoms with Crippen LogP contribution < -0.4 is 5.32 Å². The second-order valence-electron chi connectivity index (χ2n) is 3.97. The van der Waals surface area contributed by atoms with E-state index in [1.54, 1.807) is 6.07 Å². The van der Waals surface area contributed by atoms with Crippen LogP contribution in [0.5, 0.6) is 0 Å². The number of aliphatic hydroxyl groups excluding tert-OH is 1. The fourth-order valence-corrected chi connectivity index (χ4v) is 1.97. The summed E-state index contributed by atoms with van der Waals surface area (Å²) in [5.74, 6) is 0.339. The molecule has 0 aliphatic rings. The van der Waals surface area contributed by atoms with Crippen molar-refractivity contribution in [2.75, 3.05) is 6.54 Å². The maximum Gasteiger partial charge on any atom is 0.261 e. The molecule has 1 atom stereocenters. The first-order valence-corrected chi connectivity index (χ1v) is 5.97. The smallest absolute Gasteiger partial charge is 0.261 e. The van der Waals surface area contributed by atoms with E-state index in [2.05, 4.69) is 5.32 Å². The van der Waals surface area contributed by atoms with Crippen LogP contribution in [0.3, 0.4) is 0 Å². The molecule has 0 bridgehead atoms. The van der Waals surface area contributed by atoms with Crippen molar-refractivity contribution in [2.24, 2.45) is 5.92 Å². The molecule has 0 radical (unpaired) electrons. The number of hydrogen-bond acceptors (Lipinski definition) is 3. The van der Waals surface area contributed by atoms with Gasteiger partial charge in [0.15, 0.2) is 0 Å². The van der Waals surface area contributed by atoms with Crippen molar-refractivity contribution in [2.45, 2.75) is 26.4 Å². The first-order valence-electron chi connectivity index (χ1n) is 5.09. The molecule has 0 aliphatic carbocycles. The lowest BCUT2D eigenvalue weighted by Gasteiger charge is -2.13. The second kappa shape index (κ2) is 5.88. The Hall–Kier alpha value is -0.870. The van der Waals surface area contributed by atoms with Crippen molar-refractivity contribution in [1.82, 2.24) is 5.32 Å². The fraction of sp³-hybridized carbons (Fsp3) is 0.545. The van der Waals surface area contributed by atoms with Gasteiger partial charge >= 0.3 is 0 Å². The molecule has 1 aromatic heterocycles. The van der Waals surface area contributed by atoms with Crippen LogP contribution in [-0.2, 0) is 0 Å². The Kier molecular flexibility index (Phi) is 4.78. The van der Waals surface area contributed by atoms with Crippen LogP contribution in [0.4, 0.5) is 0 Å². The van der Waals surface area contributed by atoms with E-state index in [-0.39, 0.29) is 5.91 Å². The molecule has 0 aromatic carbocycles. The molecule has 1 amide bonds. The Morgan fingerprint density at radius 1 is 1.60 bits per heavy atom. The van der Waals surface area contributed by atoms with E-state index >= 15 is 0 Å². The predicted octanol–water partition coefficient (Wildman–Crippen LogP) is 1.88. The molecule has 0 saturated carbocycles. The van der Waals surface area contributed by atoms with Gasteiger partial charge in [0.2, 0.25) is 0 Å². The topological polar surface area (TPSA) is 49.3 Å². The molecule has 2 N–H and O–H groups in total. The minimum absolute atomic E-state index is 0.104. The molecule has 1 heterocycles. The van der Waals surface area contributed by atoms with E-state index in [0.29, 0.717) is 23.8 Å². The van der Waals surface area contributed by atoms with E-state index in [9.17, 15) is 9.90 Å². The van der Waals surface area contributed by atoms with E-state index in [0.717, 1.165) is 0 Å². The van der Waals surface area contributed by atoms with Crippen LogP contribution in [0, 0.1) is 5.92 Å². The average molecular weight is 227 g/mol. The van der Waals surface area contributed by atoms with Crippen LogP contribution in [0.2, 0.25) is 0 Å². The number of aliphatic hydroxyl groups is 1. The quantitative estimate of drug-likeness (QED) is 0.807. The molecule has 15 heavy (non-hydrogen) atoms. The zero-order valence-electron chi connectivity index (χ0n) is 9.06. The van der Waals surface area contributed by atoms with Gasteiger partial charge in [-0.05, 0) is 23.8 Å². The molecule has 1 aromatic rings. The minimum atomic E-state index is -0.450. The van der Waals surface area contributed by atoms with Gasteiger partial charge in [-0.2, -0.15) is 0 Å². The van der Waals surface area contributed by atoms with Gasteiger partial charge < -0.3 is 10.4 Å². The summed E-state index contributed by atoms with van der Waals surface area (Å²) in [7, 11) is 0. The highest BCUT2D eigenvalue weighted by atomic mass is 32.1. The zero-order chi connectivity index (χ0) is 11.3. The third-order valence-corrected chi connectivity index (χ3v) is 2.86. The first-order chi connectivity index (χ1) is 7.09. The summed E-state index contributed by atoms with van der Waals surface area (Å²) in [6, 6.07) is 3.61. The van der Waals surface area contributed by atoms with Crippen LogP contribution in [0.25, 0.3) is 0 Å². The lowest BCUT2D eigenvalue weighted by atomic mass is 10.1. The monoisotopic (exact) mass is 227 g/mol. The standard InChI is InChI=1S/C11H17NO2S/c1-8(2)6-9(13)7-12-11(14)10-4-3-5-15-10/h3-5,8-9,13H,6-7H2,1-2H3,(H,12,14). The molecular formula is C11H17NO2S. The highest BCUT2D eigenvalue weighted by Crippen LogP contribution is 2.08. The number of thiophene rings is 1. The van der Waals surface area contributed by atoms with E-state index in [4.69, 9.17) is 0 Å². The Morgan fingerprint density at radius 2 is 2.33 bits per heavy atom. The summed E-state index contributed by atoms with van der Waals surface area (Å²) in [6.07, 6.45) is 0.263. The number of carbonyl (C=O) groups is 1. The van der Waals surface area contributed by atoms with E-state index in [1.165, 1.54) is 11.3 Å². The van der Waals surface area contributed by atoms with Gasteiger partial charge in [0, 0.05) is 6.54 Å². The largest absolute Gasteiger partial charge is 0.391 e. The summed E-state index contributed by atoms with van der Waals surface area (Å²) >= 11 is 1.40. The summed E-state index contributed by atoms with van der Waals surface area (Å²) in [5, 5.41) is 14.1. The van der Waals surface area contributed by atoms with Crippen LogP contribution >= 0.6 is 11.3 Å². The van der Waals surface area contributed by atoms with Crippen LogP contribution in [-0.4, -0.2) is 23.7 Å². The van der Waals surface area contributed by atoms with Crippen molar-refractivity contribution >= 4 is 17.2 Å². The Morgan fingerprint density at radius 3 is 2.87 bits per heavy atom. The van der Waals surface area contributed by atoms with Gasteiger partial charge in [-0.3, -0.25) is 4.79 Å². The van der Waals surface area contributed by atoms with Gasteiger partial charge in [0.25, 0.3) is 5.91 Å². The van der Waals surface area contributed by atoms with Crippen molar-refractivity contribution in [3.8, 4) is 0 Å². The first kappa shape index (κ1) is 12.2. The number of hydrogen-bond donors (Lipinski definition) is 2.